The Morgan fingerprint density at radius 2 is 2.05 bits per heavy atom. The first kappa shape index (κ1) is 14.1. The summed E-state index contributed by atoms with van der Waals surface area (Å²) >= 11 is 0. The second-order valence-electron chi connectivity index (χ2n) is 5.79. The molecular weight excluding hydrogens is 264 g/mol. The van der Waals surface area contributed by atoms with Crippen LogP contribution in [0.2, 0.25) is 0 Å². The van der Waals surface area contributed by atoms with Gasteiger partial charge in [0, 0.05) is 25.5 Å². The van der Waals surface area contributed by atoms with Crippen molar-refractivity contribution in [3.63, 3.8) is 0 Å². The van der Waals surface area contributed by atoms with Crippen molar-refractivity contribution < 1.29 is 5.11 Å². The van der Waals surface area contributed by atoms with Crippen molar-refractivity contribution in [2.75, 3.05) is 30.4 Å². The maximum absolute atomic E-state index is 9.43. The number of benzene rings is 1. The van der Waals surface area contributed by atoms with Crippen LogP contribution < -0.4 is 10.2 Å². The Kier molecular flexibility index (Phi) is 3.92. The summed E-state index contributed by atoms with van der Waals surface area (Å²) in [4.78, 5) is 11.4. The molecule has 112 valence electrons. The number of nitrogens with one attached hydrogen (secondary N) is 1. The summed E-state index contributed by atoms with van der Waals surface area (Å²) in [6.45, 7) is 3.76. The van der Waals surface area contributed by atoms with E-state index in [0.29, 0.717) is 11.9 Å². The van der Waals surface area contributed by atoms with E-state index in [1.54, 1.807) is 0 Å². The van der Waals surface area contributed by atoms with Crippen LogP contribution in [0.5, 0.6) is 0 Å². The molecule has 2 aromatic rings. The standard InChI is InChI=1S/C16H22N4O/c1-3-17-16-18-14-7-5-4-6-13(14)15(19-16)20(2)10-11-8-12(21)9-11/h4-7,11-12,21H,3,8-10H2,1-2H3,(H,17,18,19). The number of rotatable bonds is 5. The van der Waals surface area contributed by atoms with Crippen LogP contribution in [0.1, 0.15) is 19.8 Å². The molecule has 1 fully saturated rings. The fourth-order valence-electron chi connectivity index (χ4n) is 2.91. The van der Waals surface area contributed by atoms with Gasteiger partial charge in [-0.2, -0.15) is 4.98 Å². The first-order valence-corrected chi connectivity index (χ1v) is 7.57. The summed E-state index contributed by atoms with van der Waals surface area (Å²) in [5, 5.41) is 13.7. The maximum atomic E-state index is 9.43. The number of aromatic nitrogens is 2. The Morgan fingerprint density at radius 3 is 2.76 bits per heavy atom. The summed E-state index contributed by atoms with van der Waals surface area (Å²) in [6, 6.07) is 8.09. The molecule has 1 aromatic heterocycles. The van der Waals surface area contributed by atoms with E-state index in [-0.39, 0.29) is 6.10 Å². The number of hydrogen-bond acceptors (Lipinski definition) is 5. The maximum Gasteiger partial charge on any atom is 0.225 e. The van der Waals surface area contributed by atoms with Gasteiger partial charge in [-0.25, -0.2) is 4.98 Å². The number of fused-ring (bicyclic) bond motifs is 1. The molecule has 1 aliphatic carbocycles. The fraction of sp³-hybridized carbons (Fsp3) is 0.500. The quantitative estimate of drug-likeness (QED) is 0.883. The van der Waals surface area contributed by atoms with Crippen LogP contribution in [0.3, 0.4) is 0 Å². The molecule has 1 aliphatic rings. The van der Waals surface area contributed by atoms with E-state index in [9.17, 15) is 5.11 Å². The monoisotopic (exact) mass is 286 g/mol. The van der Waals surface area contributed by atoms with Crippen molar-refractivity contribution in [1.82, 2.24) is 9.97 Å². The van der Waals surface area contributed by atoms with Gasteiger partial charge in [-0.05, 0) is 37.8 Å². The van der Waals surface area contributed by atoms with Crippen molar-refractivity contribution in [3.8, 4) is 0 Å². The predicted molar refractivity (Wildman–Crippen MR) is 85.7 cm³/mol. The minimum Gasteiger partial charge on any atom is -0.393 e. The zero-order valence-electron chi connectivity index (χ0n) is 12.6. The van der Waals surface area contributed by atoms with Crippen LogP contribution >= 0.6 is 0 Å². The third-order valence-electron chi connectivity index (χ3n) is 4.02. The van der Waals surface area contributed by atoms with Crippen LogP contribution in [-0.4, -0.2) is 41.3 Å². The van der Waals surface area contributed by atoms with Crippen LogP contribution in [0.4, 0.5) is 11.8 Å². The van der Waals surface area contributed by atoms with Gasteiger partial charge in [0.25, 0.3) is 0 Å². The van der Waals surface area contributed by atoms with Gasteiger partial charge < -0.3 is 15.3 Å². The molecule has 0 bridgehead atoms. The SMILES string of the molecule is CCNc1nc(N(C)CC2CC(O)C2)c2ccccc2n1. The third kappa shape index (κ3) is 2.93. The Bertz CT molecular complexity index is 625. The molecular formula is C16H22N4O. The average Bonchev–Trinajstić information content (AvgIpc) is 2.45. The van der Waals surface area contributed by atoms with Crippen molar-refractivity contribution >= 4 is 22.7 Å². The first-order valence-electron chi connectivity index (χ1n) is 7.57. The number of aliphatic hydroxyl groups is 1. The fourth-order valence-corrected chi connectivity index (χ4v) is 2.91. The number of nitrogens with zero attached hydrogens (tertiary/aromatic N) is 3. The number of anilines is 2. The van der Waals surface area contributed by atoms with Crippen LogP contribution in [0, 0.1) is 5.92 Å². The van der Waals surface area contributed by atoms with Crippen LogP contribution in [0.25, 0.3) is 10.9 Å². The highest BCUT2D eigenvalue weighted by Gasteiger charge is 2.28. The van der Waals surface area contributed by atoms with Crippen LogP contribution in [-0.2, 0) is 0 Å². The highest BCUT2D eigenvalue weighted by molar-refractivity contribution is 5.90. The van der Waals surface area contributed by atoms with Crippen molar-refractivity contribution in [2.24, 2.45) is 5.92 Å². The van der Waals surface area contributed by atoms with Gasteiger partial charge in [0.1, 0.15) is 5.82 Å². The molecule has 5 nitrogen and oxygen atoms in total. The molecule has 2 N–H and O–H groups in total. The molecule has 1 saturated carbocycles. The van der Waals surface area contributed by atoms with E-state index in [4.69, 9.17) is 0 Å². The van der Waals surface area contributed by atoms with Crippen molar-refractivity contribution in [2.45, 2.75) is 25.9 Å². The molecule has 0 unspecified atom stereocenters. The van der Waals surface area contributed by atoms with Crippen molar-refractivity contribution in [3.05, 3.63) is 24.3 Å². The Morgan fingerprint density at radius 1 is 1.29 bits per heavy atom. The van der Waals surface area contributed by atoms with Crippen LogP contribution in [0.15, 0.2) is 24.3 Å². The Labute approximate surface area is 125 Å². The van der Waals surface area contributed by atoms with E-state index in [2.05, 4.69) is 33.3 Å². The largest absolute Gasteiger partial charge is 0.393 e. The summed E-state index contributed by atoms with van der Waals surface area (Å²) in [6.07, 6.45) is 1.68. The Hall–Kier alpha value is -1.88. The van der Waals surface area contributed by atoms with Gasteiger partial charge in [-0.1, -0.05) is 12.1 Å². The van der Waals surface area contributed by atoms with Gasteiger partial charge in [0.15, 0.2) is 0 Å². The Balaban J connectivity index is 1.91. The van der Waals surface area contributed by atoms with Gasteiger partial charge in [-0.3, -0.25) is 0 Å². The summed E-state index contributed by atoms with van der Waals surface area (Å²) < 4.78 is 0. The second kappa shape index (κ2) is 5.85. The summed E-state index contributed by atoms with van der Waals surface area (Å²) in [5.41, 5.74) is 0.957. The van der Waals surface area contributed by atoms with Crippen molar-refractivity contribution in [1.29, 1.82) is 0 Å². The normalized spacial score (nSPS) is 21.1. The zero-order chi connectivity index (χ0) is 14.8. The van der Waals surface area contributed by atoms with Gasteiger partial charge in [0.05, 0.1) is 11.6 Å². The van der Waals surface area contributed by atoms with E-state index >= 15 is 0 Å². The van der Waals surface area contributed by atoms with Gasteiger partial charge >= 0.3 is 0 Å². The lowest BCUT2D eigenvalue weighted by Crippen LogP contribution is -2.37. The molecule has 0 saturated heterocycles. The van der Waals surface area contributed by atoms with E-state index < -0.39 is 0 Å². The summed E-state index contributed by atoms with van der Waals surface area (Å²) in [7, 11) is 2.06. The molecule has 0 amide bonds. The van der Waals surface area contributed by atoms with Gasteiger partial charge in [0.2, 0.25) is 5.95 Å². The summed E-state index contributed by atoms with van der Waals surface area (Å²) in [5.74, 6) is 2.19. The zero-order valence-corrected chi connectivity index (χ0v) is 12.6. The number of hydrogen-bond donors (Lipinski definition) is 2. The predicted octanol–water partition coefficient (Wildman–Crippen LogP) is 2.27. The lowest BCUT2D eigenvalue weighted by molar-refractivity contribution is 0.0464. The van der Waals surface area contributed by atoms with Gasteiger partial charge in [-0.15, -0.1) is 0 Å². The molecule has 3 rings (SSSR count). The minimum atomic E-state index is -0.108. The molecule has 1 aromatic carbocycles. The van der Waals surface area contributed by atoms with E-state index in [0.717, 1.165) is 42.7 Å². The molecule has 5 heteroatoms. The smallest absolute Gasteiger partial charge is 0.225 e. The molecule has 0 radical (unpaired) electrons. The highest BCUT2D eigenvalue weighted by Crippen LogP contribution is 2.31. The van der Waals surface area contributed by atoms with E-state index in [1.165, 1.54) is 0 Å². The third-order valence-corrected chi connectivity index (χ3v) is 4.02. The molecule has 1 heterocycles. The second-order valence-corrected chi connectivity index (χ2v) is 5.79. The number of para-hydroxylation sites is 1. The molecule has 21 heavy (non-hydrogen) atoms. The molecule has 0 spiro atoms. The van der Waals surface area contributed by atoms with E-state index in [1.807, 2.05) is 25.1 Å². The average molecular weight is 286 g/mol. The topological polar surface area (TPSA) is 61.3 Å². The highest BCUT2D eigenvalue weighted by atomic mass is 16.3. The lowest BCUT2D eigenvalue weighted by atomic mass is 9.82. The minimum absolute atomic E-state index is 0.108. The molecule has 0 atom stereocenters. The molecule has 0 aliphatic heterocycles. The number of aliphatic hydroxyl groups excluding tert-OH is 1. The lowest BCUT2D eigenvalue weighted by Gasteiger charge is -2.35. The first-order chi connectivity index (χ1) is 10.2.